The van der Waals surface area contributed by atoms with Crippen molar-refractivity contribution in [3.63, 3.8) is 0 Å². The number of aromatic nitrogens is 5. The van der Waals surface area contributed by atoms with Crippen LogP contribution in [-0.4, -0.2) is 59.7 Å². The highest BCUT2D eigenvalue weighted by molar-refractivity contribution is 5.92. The standard InChI is InChI=1S/C9H11N5O3.C6H6N2O/c15-5(1-6(16)17)2-10-8-7-9(12-3-11-7)14-4-13-8;7-6(9)5-2-1-3-8-4-5/h3-5,15H,1-2H2,(H,16,17)(H2,10,11,12,13,14);1-4H,(H2,7,9). The van der Waals surface area contributed by atoms with Gasteiger partial charge in [0.2, 0.25) is 5.91 Å². The number of aliphatic hydroxyl groups is 1. The minimum absolute atomic E-state index is 0.0947. The van der Waals surface area contributed by atoms with Crippen LogP contribution >= 0.6 is 0 Å². The van der Waals surface area contributed by atoms with E-state index >= 15 is 0 Å². The predicted octanol–water partition coefficient (Wildman–Crippen LogP) is -0.219. The lowest BCUT2D eigenvalue weighted by Gasteiger charge is -2.09. The number of nitrogens with one attached hydrogen (secondary N) is 2. The van der Waals surface area contributed by atoms with Crippen LogP contribution in [0.1, 0.15) is 16.8 Å². The minimum Gasteiger partial charge on any atom is -0.481 e. The molecule has 0 aromatic carbocycles. The van der Waals surface area contributed by atoms with Gasteiger partial charge in [-0.25, -0.2) is 15.0 Å². The van der Waals surface area contributed by atoms with Crippen LogP contribution in [0.4, 0.5) is 5.82 Å². The number of nitrogens with two attached hydrogens (primary N) is 1. The number of carbonyl (C=O) groups excluding carboxylic acids is 1. The number of rotatable bonds is 6. The summed E-state index contributed by atoms with van der Waals surface area (Å²) in [5, 5.41) is 20.7. The summed E-state index contributed by atoms with van der Waals surface area (Å²) in [7, 11) is 0. The number of nitrogens with zero attached hydrogens (tertiary/aromatic N) is 4. The smallest absolute Gasteiger partial charge is 0.306 e. The number of carboxylic acid groups (broad SMARTS) is 1. The summed E-state index contributed by atoms with van der Waals surface area (Å²) in [6, 6.07) is 3.29. The van der Waals surface area contributed by atoms with Crippen LogP contribution in [0.5, 0.6) is 0 Å². The SMILES string of the molecule is NC(=O)c1cccnc1.O=C(O)CC(O)CNc1ncnc2nc[nH]c12. The molecule has 0 bridgehead atoms. The Kier molecular flexibility index (Phi) is 6.51. The van der Waals surface area contributed by atoms with Crippen LogP contribution in [0, 0.1) is 0 Å². The number of aliphatic carboxylic acids is 1. The van der Waals surface area contributed by atoms with Crippen LogP contribution in [0.3, 0.4) is 0 Å². The Morgan fingerprint density at radius 1 is 1.31 bits per heavy atom. The van der Waals surface area contributed by atoms with Gasteiger partial charge in [-0.2, -0.15) is 0 Å². The Labute approximate surface area is 147 Å². The number of H-pyrrole nitrogens is 1. The second kappa shape index (κ2) is 9.03. The third-order valence-corrected chi connectivity index (χ3v) is 3.08. The predicted molar refractivity (Wildman–Crippen MR) is 91.2 cm³/mol. The Morgan fingerprint density at radius 3 is 2.73 bits per heavy atom. The zero-order valence-electron chi connectivity index (χ0n) is 13.5. The van der Waals surface area contributed by atoms with Crippen molar-refractivity contribution in [2.24, 2.45) is 5.73 Å². The average molecular weight is 359 g/mol. The summed E-state index contributed by atoms with van der Waals surface area (Å²) in [4.78, 5) is 39.2. The van der Waals surface area contributed by atoms with E-state index in [4.69, 9.17) is 10.8 Å². The average Bonchev–Trinajstić information content (AvgIpc) is 3.10. The van der Waals surface area contributed by atoms with E-state index in [1.807, 2.05) is 0 Å². The summed E-state index contributed by atoms with van der Waals surface area (Å²) in [5.74, 6) is -1.01. The number of carbonyl (C=O) groups is 2. The van der Waals surface area contributed by atoms with Crippen molar-refractivity contribution in [3.05, 3.63) is 42.7 Å². The quantitative estimate of drug-likeness (QED) is 0.397. The van der Waals surface area contributed by atoms with Gasteiger partial charge in [0.1, 0.15) is 11.8 Å². The van der Waals surface area contributed by atoms with Crippen LogP contribution < -0.4 is 11.1 Å². The Bertz CT molecular complexity index is 869. The van der Waals surface area contributed by atoms with Crippen molar-refractivity contribution in [3.8, 4) is 0 Å². The number of carboxylic acids is 1. The number of hydrogen-bond donors (Lipinski definition) is 5. The third kappa shape index (κ3) is 5.49. The molecule has 3 aromatic rings. The lowest BCUT2D eigenvalue weighted by molar-refractivity contribution is -0.138. The molecule has 3 aromatic heterocycles. The molecule has 0 saturated heterocycles. The first-order valence-electron chi connectivity index (χ1n) is 7.45. The van der Waals surface area contributed by atoms with Crippen molar-refractivity contribution in [1.82, 2.24) is 24.9 Å². The highest BCUT2D eigenvalue weighted by Gasteiger charge is 2.11. The van der Waals surface area contributed by atoms with E-state index in [1.54, 1.807) is 18.3 Å². The van der Waals surface area contributed by atoms with Gasteiger partial charge in [0.25, 0.3) is 0 Å². The fourth-order valence-electron chi connectivity index (χ4n) is 1.90. The molecule has 3 rings (SSSR count). The second-order valence-corrected chi connectivity index (χ2v) is 5.06. The van der Waals surface area contributed by atoms with E-state index in [0.717, 1.165) is 0 Å². The van der Waals surface area contributed by atoms with Gasteiger partial charge in [-0.15, -0.1) is 0 Å². The van der Waals surface area contributed by atoms with Gasteiger partial charge in [-0.05, 0) is 12.1 Å². The molecule has 11 nitrogen and oxygen atoms in total. The number of pyridine rings is 1. The topological polar surface area (TPSA) is 180 Å². The van der Waals surface area contributed by atoms with Gasteiger partial charge < -0.3 is 26.2 Å². The van der Waals surface area contributed by atoms with Gasteiger partial charge in [0, 0.05) is 18.9 Å². The molecule has 3 heterocycles. The molecule has 11 heteroatoms. The maximum Gasteiger partial charge on any atom is 0.306 e. The fourth-order valence-corrected chi connectivity index (χ4v) is 1.90. The van der Waals surface area contributed by atoms with Gasteiger partial charge in [0.15, 0.2) is 11.5 Å². The normalized spacial score (nSPS) is 11.3. The first-order chi connectivity index (χ1) is 12.5. The van der Waals surface area contributed by atoms with E-state index < -0.39 is 18.0 Å². The monoisotopic (exact) mass is 359 g/mol. The third-order valence-electron chi connectivity index (χ3n) is 3.08. The zero-order chi connectivity index (χ0) is 18.9. The first kappa shape index (κ1) is 18.7. The molecule has 26 heavy (non-hydrogen) atoms. The summed E-state index contributed by atoms with van der Waals surface area (Å²) in [6.07, 6.45) is 4.56. The molecule has 0 aliphatic rings. The molecule has 0 radical (unpaired) electrons. The van der Waals surface area contributed by atoms with Gasteiger partial charge in [-0.3, -0.25) is 14.6 Å². The minimum atomic E-state index is -1.05. The number of fused-ring (bicyclic) bond motifs is 1. The Hall–Kier alpha value is -3.60. The number of imidazole rings is 1. The Morgan fingerprint density at radius 2 is 2.12 bits per heavy atom. The van der Waals surface area contributed by atoms with Crippen molar-refractivity contribution < 1.29 is 19.8 Å². The lowest BCUT2D eigenvalue weighted by atomic mass is 10.2. The van der Waals surface area contributed by atoms with Gasteiger partial charge >= 0.3 is 5.97 Å². The summed E-state index contributed by atoms with van der Waals surface area (Å²) in [5.41, 5.74) is 6.51. The summed E-state index contributed by atoms with van der Waals surface area (Å²) < 4.78 is 0. The van der Waals surface area contributed by atoms with Crippen molar-refractivity contribution in [1.29, 1.82) is 0 Å². The van der Waals surface area contributed by atoms with E-state index in [1.165, 1.54) is 18.9 Å². The lowest BCUT2D eigenvalue weighted by Crippen LogP contribution is -2.23. The molecule has 1 amide bonds. The number of hydrogen-bond acceptors (Lipinski definition) is 8. The molecule has 1 unspecified atom stereocenters. The number of aliphatic hydroxyl groups excluding tert-OH is 1. The molecule has 1 atom stereocenters. The maximum atomic E-state index is 10.4. The summed E-state index contributed by atoms with van der Waals surface area (Å²) in [6.45, 7) is 0.0947. The molecule has 0 spiro atoms. The maximum absolute atomic E-state index is 10.4. The molecule has 136 valence electrons. The number of amides is 1. The van der Waals surface area contributed by atoms with Crippen molar-refractivity contribution in [2.75, 3.05) is 11.9 Å². The summed E-state index contributed by atoms with van der Waals surface area (Å²) >= 11 is 0. The van der Waals surface area contributed by atoms with Crippen LogP contribution in [0.25, 0.3) is 11.2 Å². The second-order valence-electron chi connectivity index (χ2n) is 5.06. The van der Waals surface area contributed by atoms with E-state index in [9.17, 15) is 14.7 Å². The van der Waals surface area contributed by atoms with E-state index in [2.05, 4.69) is 30.2 Å². The van der Waals surface area contributed by atoms with Crippen LogP contribution in [0.15, 0.2) is 37.2 Å². The first-order valence-corrected chi connectivity index (χ1v) is 7.45. The van der Waals surface area contributed by atoms with E-state index in [-0.39, 0.29) is 13.0 Å². The fraction of sp³-hybridized carbons (Fsp3) is 0.200. The highest BCUT2D eigenvalue weighted by Crippen LogP contribution is 2.14. The molecule has 0 fully saturated rings. The number of aromatic amines is 1. The molecule has 0 saturated carbocycles. The highest BCUT2D eigenvalue weighted by atomic mass is 16.4. The molecular weight excluding hydrogens is 342 g/mol. The van der Waals surface area contributed by atoms with Crippen molar-refractivity contribution >= 4 is 28.9 Å². The molecular formula is C15H17N7O4. The number of primary amides is 1. The van der Waals surface area contributed by atoms with Crippen molar-refractivity contribution in [2.45, 2.75) is 12.5 Å². The van der Waals surface area contributed by atoms with Crippen LogP contribution in [-0.2, 0) is 4.79 Å². The van der Waals surface area contributed by atoms with E-state index in [0.29, 0.717) is 22.5 Å². The number of anilines is 1. The Balaban J connectivity index is 0.000000228. The largest absolute Gasteiger partial charge is 0.481 e. The zero-order valence-corrected chi connectivity index (χ0v) is 13.5. The molecule has 0 aliphatic heterocycles. The molecule has 6 N–H and O–H groups in total. The van der Waals surface area contributed by atoms with Gasteiger partial charge in [-0.1, -0.05) is 0 Å². The van der Waals surface area contributed by atoms with Crippen LogP contribution in [0.2, 0.25) is 0 Å². The van der Waals surface area contributed by atoms with Gasteiger partial charge in [0.05, 0.1) is 24.4 Å². The molecule has 0 aliphatic carbocycles.